The molecular weight excluding hydrogens is 208 g/mol. The van der Waals surface area contributed by atoms with Gasteiger partial charge in [0.15, 0.2) is 0 Å². The van der Waals surface area contributed by atoms with Gasteiger partial charge in [-0.15, -0.1) is 0 Å². The summed E-state index contributed by atoms with van der Waals surface area (Å²) in [5.74, 6) is 0. The zero-order valence-corrected chi connectivity index (χ0v) is 11.4. The zero-order chi connectivity index (χ0) is 11.6. The summed E-state index contributed by atoms with van der Waals surface area (Å²) in [4.78, 5) is 5.03. The number of hydrogen-bond donors (Lipinski definition) is 0. The first-order valence-corrected chi connectivity index (χ1v) is 7.31. The minimum atomic E-state index is 0. The number of rotatable bonds is 2. The third kappa shape index (κ3) is 7.77. The molecule has 0 spiro atoms. The van der Waals surface area contributed by atoms with Crippen LogP contribution in [0.15, 0.2) is 0 Å². The topological polar surface area (TPSA) is 6.48 Å². The number of hydrogen-bond acceptors (Lipinski definition) is 2. The normalized spacial score (nSPS) is 22.2. The van der Waals surface area contributed by atoms with Gasteiger partial charge in [-0.05, 0) is 65.0 Å². The van der Waals surface area contributed by atoms with Crippen LogP contribution in [0.5, 0.6) is 0 Å². The van der Waals surface area contributed by atoms with E-state index < -0.39 is 0 Å². The van der Waals surface area contributed by atoms with Crippen molar-refractivity contribution in [2.45, 2.75) is 59.8 Å². The molecule has 17 heavy (non-hydrogen) atoms. The first kappa shape index (κ1) is 16.9. The molecule has 2 heteroatoms. The Labute approximate surface area is 109 Å². The maximum atomic E-state index is 2.52. The Morgan fingerprint density at radius 3 is 1.06 bits per heavy atom. The van der Waals surface area contributed by atoms with Crippen molar-refractivity contribution in [2.75, 3.05) is 39.3 Å². The minimum absolute atomic E-state index is 0. The lowest BCUT2D eigenvalue weighted by molar-refractivity contribution is 0.240. The van der Waals surface area contributed by atoms with Crippen LogP contribution in [0.3, 0.4) is 0 Å². The van der Waals surface area contributed by atoms with E-state index in [1.807, 2.05) is 0 Å². The fourth-order valence-corrected chi connectivity index (χ4v) is 2.55. The molecule has 0 atom stereocenters. The molecule has 0 aliphatic carbocycles. The molecule has 104 valence electrons. The van der Waals surface area contributed by atoms with Crippen LogP contribution < -0.4 is 0 Å². The van der Waals surface area contributed by atoms with Crippen molar-refractivity contribution < 1.29 is 0 Å². The molecule has 0 saturated carbocycles. The molecule has 0 aromatic carbocycles. The van der Waals surface area contributed by atoms with E-state index in [-0.39, 0.29) is 7.43 Å². The quantitative estimate of drug-likeness (QED) is 0.730. The molecule has 0 aromatic rings. The standard InChI is InChI=1S/2C7H15N.CH4/c2*1-2-8-6-4-3-5-7-8;/h2*2-7H2,1H3;1H4. The Morgan fingerprint density at radius 1 is 0.588 bits per heavy atom. The van der Waals surface area contributed by atoms with Gasteiger partial charge in [-0.1, -0.05) is 34.1 Å². The van der Waals surface area contributed by atoms with Crippen LogP contribution in [-0.4, -0.2) is 49.1 Å². The summed E-state index contributed by atoms with van der Waals surface area (Å²) in [6.07, 6.45) is 8.61. The van der Waals surface area contributed by atoms with Crippen LogP contribution in [0.25, 0.3) is 0 Å². The van der Waals surface area contributed by atoms with E-state index in [4.69, 9.17) is 0 Å². The monoisotopic (exact) mass is 242 g/mol. The van der Waals surface area contributed by atoms with Crippen molar-refractivity contribution in [3.05, 3.63) is 0 Å². The van der Waals surface area contributed by atoms with E-state index in [1.54, 1.807) is 0 Å². The molecule has 0 aromatic heterocycles. The lowest BCUT2D eigenvalue weighted by Gasteiger charge is -2.24. The third-order valence-corrected chi connectivity index (χ3v) is 3.79. The van der Waals surface area contributed by atoms with Crippen molar-refractivity contribution in [3.63, 3.8) is 0 Å². The lowest BCUT2D eigenvalue weighted by Crippen LogP contribution is -2.29. The molecule has 0 radical (unpaired) electrons. The van der Waals surface area contributed by atoms with Crippen molar-refractivity contribution in [2.24, 2.45) is 0 Å². The summed E-state index contributed by atoms with van der Waals surface area (Å²) in [6.45, 7) is 12.4. The first-order chi connectivity index (χ1) is 7.86. The summed E-state index contributed by atoms with van der Waals surface area (Å²) in [5.41, 5.74) is 0. The van der Waals surface area contributed by atoms with Gasteiger partial charge in [-0.2, -0.15) is 0 Å². The fourth-order valence-electron chi connectivity index (χ4n) is 2.55. The highest BCUT2D eigenvalue weighted by Crippen LogP contribution is 2.07. The van der Waals surface area contributed by atoms with Crippen LogP contribution in [0.2, 0.25) is 0 Å². The van der Waals surface area contributed by atoms with Crippen LogP contribution >= 0.6 is 0 Å². The molecule has 2 nitrogen and oxygen atoms in total. The maximum absolute atomic E-state index is 2.52. The first-order valence-electron chi connectivity index (χ1n) is 7.31. The van der Waals surface area contributed by atoms with Crippen LogP contribution in [0.1, 0.15) is 59.8 Å². The fraction of sp³-hybridized carbons (Fsp3) is 1.00. The maximum Gasteiger partial charge on any atom is -0.00188 e. The van der Waals surface area contributed by atoms with Gasteiger partial charge in [-0.25, -0.2) is 0 Å². The molecule has 2 rings (SSSR count). The highest BCUT2D eigenvalue weighted by Gasteiger charge is 2.06. The van der Waals surface area contributed by atoms with Crippen molar-refractivity contribution in [1.82, 2.24) is 9.80 Å². The van der Waals surface area contributed by atoms with Gasteiger partial charge in [0.2, 0.25) is 0 Å². The third-order valence-electron chi connectivity index (χ3n) is 3.79. The highest BCUT2D eigenvalue weighted by molar-refractivity contribution is 4.62. The molecule has 0 unspecified atom stereocenters. The van der Waals surface area contributed by atoms with Crippen LogP contribution in [0, 0.1) is 0 Å². The van der Waals surface area contributed by atoms with Crippen molar-refractivity contribution in [3.8, 4) is 0 Å². The van der Waals surface area contributed by atoms with Gasteiger partial charge in [0, 0.05) is 0 Å². The van der Waals surface area contributed by atoms with E-state index in [0.717, 1.165) is 0 Å². The Bertz CT molecular complexity index is 129. The summed E-state index contributed by atoms with van der Waals surface area (Å²) in [7, 11) is 0. The van der Waals surface area contributed by atoms with Gasteiger partial charge in [0.25, 0.3) is 0 Å². The van der Waals surface area contributed by atoms with Crippen molar-refractivity contribution in [1.29, 1.82) is 0 Å². The average molecular weight is 242 g/mol. The van der Waals surface area contributed by atoms with Gasteiger partial charge >= 0.3 is 0 Å². The van der Waals surface area contributed by atoms with E-state index in [2.05, 4.69) is 23.6 Å². The Kier molecular flexibility index (Phi) is 11.0. The number of nitrogens with zero attached hydrogens (tertiary/aromatic N) is 2. The number of piperidine rings is 2. The van der Waals surface area contributed by atoms with Gasteiger partial charge in [-0.3, -0.25) is 0 Å². The Balaban J connectivity index is 0.000000284. The van der Waals surface area contributed by atoms with E-state index in [0.29, 0.717) is 0 Å². The Morgan fingerprint density at radius 2 is 0.882 bits per heavy atom. The van der Waals surface area contributed by atoms with Crippen LogP contribution in [0.4, 0.5) is 0 Å². The number of likely N-dealkylation sites (tertiary alicyclic amines) is 2. The zero-order valence-electron chi connectivity index (χ0n) is 11.4. The molecule has 2 aliphatic heterocycles. The summed E-state index contributed by atoms with van der Waals surface area (Å²) in [6, 6.07) is 0. The molecule has 2 fully saturated rings. The Hall–Kier alpha value is -0.0800. The average Bonchev–Trinajstić information content (AvgIpc) is 2.41. The molecule has 2 heterocycles. The van der Waals surface area contributed by atoms with E-state index in [9.17, 15) is 0 Å². The predicted octanol–water partition coefficient (Wildman–Crippen LogP) is 3.62. The second kappa shape index (κ2) is 11.0. The SMILES string of the molecule is C.CCN1CCCCC1.CCN1CCCCC1. The van der Waals surface area contributed by atoms with Gasteiger partial charge in [0.1, 0.15) is 0 Å². The molecule has 2 aliphatic rings. The molecular formula is C15H34N2. The molecule has 0 amide bonds. The lowest BCUT2D eigenvalue weighted by atomic mass is 10.1. The van der Waals surface area contributed by atoms with Crippen molar-refractivity contribution >= 4 is 0 Å². The highest BCUT2D eigenvalue weighted by atomic mass is 15.1. The summed E-state index contributed by atoms with van der Waals surface area (Å²) in [5, 5.41) is 0. The molecule has 2 saturated heterocycles. The largest absolute Gasteiger partial charge is 0.304 e. The van der Waals surface area contributed by atoms with Crippen LogP contribution in [-0.2, 0) is 0 Å². The summed E-state index contributed by atoms with van der Waals surface area (Å²) < 4.78 is 0. The summed E-state index contributed by atoms with van der Waals surface area (Å²) >= 11 is 0. The smallest absolute Gasteiger partial charge is 0.00188 e. The van der Waals surface area contributed by atoms with E-state index >= 15 is 0 Å². The molecule has 0 bridgehead atoms. The second-order valence-corrected chi connectivity index (χ2v) is 4.99. The van der Waals surface area contributed by atoms with Gasteiger partial charge < -0.3 is 9.80 Å². The molecule has 0 N–H and O–H groups in total. The predicted molar refractivity (Wildman–Crippen MR) is 78.7 cm³/mol. The second-order valence-electron chi connectivity index (χ2n) is 4.99. The van der Waals surface area contributed by atoms with E-state index in [1.165, 1.54) is 77.8 Å². The minimum Gasteiger partial charge on any atom is -0.304 e. The van der Waals surface area contributed by atoms with Gasteiger partial charge in [0.05, 0.1) is 0 Å².